The first kappa shape index (κ1) is 23.2. The van der Waals surface area contributed by atoms with Gasteiger partial charge in [0.15, 0.2) is 0 Å². The molecule has 1 aliphatic heterocycles. The summed E-state index contributed by atoms with van der Waals surface area (Å²) in [5, 5.41) is 2.90. The van der Waals surface area contributed by atoms with E-state index in [1.165, 1.54) is 5.57 Å². The predicted molar refractivity (Wildman–Crippen MR) is 113 cm³/mol. The smallest absolute Gasteiger partial charge is 0.254 e. The van der Waals surface area contributed by atoms with Crippen LogP contribution in [-0.4, -0.2) is 28.3 Å². The molecular weight excluding hydrogens is 336 g/mol. The second-order valence-electron chi connectivity index (χ2n) is 8.70. The van der Waals surface area contributed by atoms with E-state index in [0.29, 0.717) is 5.57 Å². The van der Waals surface area contributed by atoms with Crippen molar-refractivity contribution in [3.8, 4) is 0 Å². The van der Waals surface area contributed by atoms with Crippen molar-refractivity contribution in [2.75, 3.05) is 0 Å². The summed E-state index contributed by atoms with van der Waals surface area (Å²) in [7, 11) is 0. The summed E-state index contributed by atoms with van der Waals surface area (Å²) in [5.41, 5.74) is 1.30. The predicted octanol–water partition coefficient (Wildman–Crippen LogP) is 5.12. The molecule has 1 aliphatic rings. The molecule has 2 amide bonds. The second kappa shape index (κ2) is 9.38. The van der Waals surface area contributed by atoms with E-state index in [0.717, 1.165) is 25.7 Å². The first-order valence-electron chi connectivity index (χ1n) is 10.2. The van der Waals surface area contributed by atoms with Gasteiger partial charge in [0.1, 0.15) is 0 Å². The molecule has 0 aromatic carbocycles. The van der Waals surface area contributed by atoms with Gasteiger partial charge in [0.25, 0.3) is 5.91 Å². The van der Waals surface area contributed by atoms with E-state index in [4.69, 9.17) is 0 Å². The zero-order valence-corrected chi connectivity index (χ0v) is 18.5. The van der Waals surface area contributed by atoms with Crippen molar-refractivity contribution in [1.82, 2.24) is 10.2 Å². The van der Waals surface area contributed by atoms with Gasteiger partial charge in [0, 0.05) is 22.7 Å². The molecule has 0 bridgehead atoms. The van der Waals surface area contributed by atoms with Gasteiger partial charge in [-0.25, -0.2) is 0 Å². The van der Waals surface area contributed by atoms with E-state index in [9.17, 15) is 9.59 Å². The van der Waals surface area contributed by atoms with Crippen LogP contribution in [0.5, 0.6) is 0 Å². The second-order valence-corrected chi connectivity index (χ2v) is 8.70. The highest BCUT2D eigenvalue weighted by Crippen LogP contribution is 2.31. The number of rotatable bonds is 8. The van der Waals surface area contributed by atoms with Gasteiger partial charge in [-0.3, -0.25) is 9.59 Å². The summed E-state index contributed by atoms with van der Waals surface area (Å²) < 4.78 is 0. The lowest BCUT2D eigenvalue weighted by molar-refractivity contribution is -0.132. The number of amides is 2. The van der Waals surface area contributed by atoms with E-state index in [2.05, 4.69) is 46.0 Å². The van der Waals surface area contributed by atoms with Crippen LogP contribution < -0.4 is 5.32 Å². The van der Waals surface area contributed by atoms with Crippen LogP contribution in [0.1, 0.15) is 81.1 Å². The van der Waals surface area contributed by atoms with Crippen molar-refractivity contribution in [1.29, 1.82) is 0 Å². The summed E-state index contributed by atoms with van der Waals surface area (Å²) >= 11 is 0. The molecule has 0 aromatic heterocycles. The number of carbonyl (C=O) groups excluding carboxylic acids is 2. The van der Waals surface area contributed by atoms with Crippen LogP contribution in [0.3, 0.4) is 0 Å². The van der Waals surface area contributed by atoms with E-state index in [1.807, 2.05) is 31.7 Å². The lowest BCUT2D eigenvalue weighted by Crippen LogP contribution is -2.47. The molecule has 1 heterocycles. The molecule has 1 atom stereocenters. The monoisotopic (exact) mass is 374 g/mol. The first-order valence-corrected chi connectivity index (χ1v) is 10.2. The normalized spacial score (nSPS) is 18.1. The van der Waals surface area contributed by atoms with E-state index >= 15 is 0 Å². The molecule has 0 radical (unpaired) electrons. The molecule has 1 unspecified atom stereocenters. The Morgan fingerprint density at radius 1 is 1.15 bits per heavy atom. The average Bonchev–Trinajstić information content (AvgIpc) is 2.91. The lowest BCUT2D eigenvalue weighted by atomic mass is 9.79. The molecule has 4 nitrogen and oxygen atoms in total. The molecule has 0 spiro atoms. The Morgan fingerprint density at radius 2 is 1.70 bits per heavy atom. The fourth-order valence-corrected chi connectivity index (χ4v) is 3.69. The van der Waals surface area contributed by atoms with Crippen molar-refractivity contribution in [3.05, 3.63) is 35.6 Å². The Kier molecular flexibility index (Phi) is 8.06. The Balaban J connectivity index is 2.96. The van der Waals surface area contributed by atoms with E-state index in [1.54, 1.807) is 12.3 Å². The van der Waals surface area contributed by atoms with Crippen molar-refractivity contribution in [3.63, 3.8) is 0 Å². The van der Waals surface area contributed by atoms with Gasteiger partial charge in [0.05, 0.1) is 6.04 Å². The lowest BCUT2D eigenvalue weighted by Gasteiger charge is -2.37. The van der Waals surface area contributed by atoms with Crippen LogP contribution in [0, 0.1) is 5.41 Å². The molecular formula is C23H38N2O2. The van der Waals surface area contributed by atoms with E-state index in [-0.39, 0.29) is 28.8 Å². The zero-order valence-electron chi connectivity index (χ0n) is 18.5. The Labute approximate surface area is 165 Å². The number of allylic oxidation sites excluding steroid dienone is 1. The Morgan fingerprint density at radius 3 is 2.15 bits per heavy atom. The maximum atomic E-state index is 12.9. The first-order chi connectivity index (χ1) is 12.5. The van der Waals surface area contributed by atoms with Gasteiger partial charge in [-0.1, -0.05) is 32.4 Å². The average molecular weight is 375 g/mol. The van der Waals surface area contributed by atoms with Crippen LogP contribution >= 0.6 is 0 Å². The molecule has 0 saturated heterocycles. The largest absolute Gasteiger partial charge is 0.332 e. The van der Waals surface area contributed by atoms with Crippen molar-refractivity contribution in [2.45, 2.75) is 92.7 Å². The maximum Gasteiger partial charge on any atom is 0.254 e. The summed E-state index contributed by atoms with van der Waals surface area (Å²) in [6.45, 7) is 16.5. The van der Waals surface area contributed by atoms with Crippen molar-refractivity contribution < 1.29 is 9.59 Å². The van der Waals surface area contributed by atoms with Crippen LogP contribution in [0.2, 0.25) is 0 Å². The molecule has 152 valence electrons. The van der Waals surface area contributed by atoms with Gasteiger partial charge in [-0.05, 0) is 72.5 Å². The van der Waals surface area contributed by atoms with E-state index < -0.39 is 0 Å². The van der Waals surface area contributed by atoms with Crippen molar-refractivity contribution in [2.24, 2.45) is 5.41 Å². The molecule has 0 aromatic rings. The topological polar surface area (TPSA) is 49.4 Å². The standard InChI is InChI=1S/C23H38N2O2/c1-9-23(10-2,11-3)21(27)24-15-14-18-16-19(13-12-17(4)5)25(20(18)26)22(6,7)8/h12,14-16,19H,9-11,13H2,1-8H3,(H,24,27)/b15-14-. The number of nitrogens with zero attached hydrogens (tertiary/aromatic N) is 1. The van der Waals surface area contributed by atoms with Gasteiger partial charge in [-0.2, -0.15) is 0 Å². The summed E-state index contributed by atoms with van der Waals surface area (Å²) in [6, 6.07) is 0.0452. The quantitative estimate of drug-likeness (QED) is 0.599. The number of hydrogen-bond acceptors (Lipinski definition) is 2. The minimum atomic E-state index is -0.332. The summed E-state index contributed by atoms with van der Waals surface area (Å²) in [4.78, 5) is 27.4. The van der Waals surface area contributed by atoms with Crippen LogP contribution in [0.4, 0.5) is 0 Å². The highest BCUT2D eigenvalue weighted by molar-refractivity contribution is 5.99. The van der Waals surface area contributed by atoms with Crippen LogP contribution in [0.25, 0.3) is 0 Å². The highest BCUT2D eigenvalue weighted by atomic mass is 16.2. The Bertz CT molecular complexity index is 619. The van der Waals surface area contributed by atoms with Gasteiger partial charge < -0.3 is 10.2 Å². The molecule has 4 heteroatoms. The fraction of sp³-hybridized carbons (Fsp3) is 0.652. The molecule has 0 fully saturated rings. The van der Waals surface area contributed by atoms with Gasteiger partial charge in [0.2, 0.25) is 5.91 Å². The Hall–Kier alpha value is -1.84. The zero-order chi connectivity index (χ0) is 20.8. The SMILES string of the molecule is CCC(CC)(CC)C(=O)N/C=C\C1=CC(CC=C(C)C)N(C(C)(C)C)C1=O. The summed E-state index contributed by atoms with van der Waals surface area (Å²) in [5.74, 6) is 0.0546. The fourth-order valence-electron chi connectivity index (χ4n) is 3.69. The van der Waals surface area contributed by atoms with Crippen LogP contribution in [0.15, 0.2) is 35.6 Å². The number of hydrogen-bond donors (Lipinski definition) is 1. The highest BCUT2D eigenvalue weighted by Gasteiger charge is 2.38. The van der Waals surface area contributed by atoms with Gasteiger partial charge >= 0.3 is 0 Å². The minimum absolute atomic E-state index is 0.0212. The number of nitrogens with one attached hydrogen (secondary N) is 1. The number of carbonyl (C=O) groups is 2. The van der Waals surface area contributed by atoms with Crippen molar-refractivity contribution >= 4 is 11.8 Å². The molecule has 27 heavy (non-hydrogen) atoms. The summed E-state index contributed by atoms with van der Waals surface area (Å²) in [6.07, 6.45) is 10.8. The maximum absolute atomic E-state index is 12.9. The molecule has 1 N–H and O–H groups in total. The molecule has 0 aliphatic carbocycles. The van der Waals surface area contributed by atoms with Crippen LogP contribution in [-0.2, 0) is 9.59 Å². The third kappa shape index (κ3) is 5.57. The molecule has 0 saturated carbocycles. The van der Waals surface area contributed by atoms with Gasteiger partial charge in [-0.15, -0.1) is 0 Å². The third-order valence-corrected chi connectivity index (χ3v) is 5.65. The molecule has 1 rings (SSSR count). The minimum Gasteiger partial charge on any atom is -0.332 e. The third-order valence-electron chi connectivity index (χ3n) is 5.65.